The Hall–Kier alpha value is -1.11. The summed E-state index contributed by atoms with van der Waals surface area (Å²) in [5.41, 5.74) is -0.0672. The highest BCUT2D eigenvalue weighted by Gasteiger charge is 2.56. The predicted molar refractivity (Wildman–Crippen MR) is 119 cm³/mol. The van der Waals surface area contributed by atoms with Crippen LogP contribution in [0.25, 0.3) is 0 Å². The first-order chi connectivity index (χ1) is 13.7. The van der Waals surface area contributed by atoms with E-state index in [1.165, 1.54) is 0 Å². The van der Waals surface area contributed by atoms with E-state index in [2.05, 4.69) is 37.6 Å². The van der Waals surface area contributed by atoms with Crippen molar-refractivity contribution in [3.05, 3.63) is 68.3 Å². The van der Waals surface area contributed by atoms with Crippen molar-refractivity contribution in [3.8, 4) is 0 Å². The molecule has 0 aromatic carbocycles. The van der Waals surface area contributed by atoms with Gasteiger partial charge in [0, 0.05) is 33.4 Å². The molecule has 0 saturated heterocycles. The molecule has 0 amide bonds. The lowest BCUT2D eigenvalue weighted by molar-refractivity contribution is -0.109. The van der Waals surface area contributed by atoms with Gasteiger partial charge in [0.1, 0.15) is 0 Å². The minimum atomic E-state index is -4.98. The molecule has 0 aliphatic heterocycles. The van der Waals surface area contributed by atoms with Gasteiger partial charge in [-0.1, -0.05) is 42.8 Å². The monoisotopic (exact) mass is 571 g/mol. The highest BCUT2D eigenvalue weighted by molar-refractivity contribution is 9.12. The molecule has 0 aromatic heterocycles. The van der Waals surface area contributed by atoms with Gasteiger partial charge in [-0.15, -0.1) is 0 Å². The Morgan fingerprint density at radius 2 is 1.39 bits per heavy atom. The van der Waals surface area contributed by atoms with Crippen molar-refractivity contribution in [2.75, 3.05) is 0 Å². The van der Waals surface area contributed by atoms with E-state index in [1.54, 1.807) is 32.9 Å². The van der Waals surface area contributed by atoms with Crippen LogP contribution >= 0.6 is 31.9 Å². The van der Waals surface area contributed by atoms with Crippen molar-refractivity contribution < 1.29 is 26.3 Å². The van der Waals surface area contributed by atoms with Crippen LogP contribution in [-0.2, 0) is 0 Å². The third-order valence-electron chi connectivity index (χ3n) is 4.88. The third-order valence-corrected chi connectivity index (χ3v) is 6.26. The molecule has 0 N–H and O–H groups in total. The maximum absolute atomic E-state index is 13.9. The highest BCUT2D eigenvalue weighted by atomic mass is 79.9. The molecule has 0 aromatic rings. The summed E-state index contributed by atoms with van der Waals surface area (Å²) in [4.78, 5) is -0.606. The smallest absolute Gasteiger partial charge is 0.157 e. The van der Waals surface area contributed by atoms with Crippen LogP contribution in [0.5, 0.6) is 0 Å². The number of hydrogen-bond acceptors (Lipinski definition) is 0. The van der Waals surface area contributed by atoms with Crippen LogP contribution in [0.2, 0.25) is 0 Å². The lowest BCUT2D eigenvalue weighted by Gasteiger charge is -2.26. The number of allylic oxidation sites excluding steroid dienone is 9. The van der Waals surface area contributed by atoms with Crippen molar-refractivity contribution in [2.45, 2.75) is 58.7 Å². The summed E-state index contributed by atoms with van der Waals surface area (Å²) >= 11 is 6.68. The lowest BCUT2D eigenvalue weighted by atomic mass is 9.76. The van der Waals surface area contributed by atoms with E-state index < -0.39 is 39.7 Å². The Morgan fingerprint density at radius 3 is 1.77 bits per heavy atom. The standard InChI is InChI=1S/C23H23Br2F6/c1-20(2,3)12-7-16(22(26,27)28)14(17(8-12)23(29,30)31)11-15-18(24)9-13(10-19(15)25)21(4,5)6/h7-10,18H,1-6H3/q+1. The number of hydrogen-bond donors (Lipinski definition) is 0. The zero-order valence-corrected chi connectivity index (χ0v) is 21.1. The van der Waals surface area contributed by atoms with E-state index in [0.717, 1.165) is 17.7 Å². The zero-order valence-electron chi connectivity index (χ0n) is 17.9. The molecule has 8 heteroatoms. The van der Waals surface area contributed by atoms with Crippen LogP contribution < -0.4 is 0 Å². The zero-order chi connectivity index (χ0) is 24.2. The summed E-state index contributed by atoms with van der Waals surface area (Å²) in [5, 5.41) is 0. The summed E-state index contributed by atoms with van der Waals surface area (Å²) < 4.78 is 83.7. The molecular formula is C23H23Br2F6+. The van der Waals surface area contributed by atoms with E-state index in [0.29, 0.717) is 4.48 Å². The number of alkyl halides is 7. The average molecular weight is 573 g/mol. The summed E-state index contributed by atoms with van der Waals surface area (Å²) in [6, 6.07) is 0. The molecule has 1 unspecified atom stereocenters. The molecular weight excluding hydrogens is 550 g/mol. The normalized spacial score (nSPS) is 21.4. The fourth-order valence-corrected chi connectivity index (χ4v) is 4.57. The Labute approximate surface area is 195 Å². The summed E-state index contributed by atoms with van der Waals surface area (Å²) in [7, 11) is 0. The lowest BCUT2D eigenvalue weighted by Crippen LogP contribution is -2.30. The molecule has 2 aliphatic rings. The Balaban J connectivity index is 2.84. The first-order valence-corrected chi connectivity index (χ1v) is 11.1. The van der Waals surface area contributed by atoms with E-state index in [4.69, 9.17) is 0 Å². The summed E-state index contributed by atoms with van der Waals surface area (Å²) in [5.74, 6) is -1.36. The van der Waals surface area contributed by atoms with Gasteiger partial charge >= 0.3 is 12.4 Å². The maximum atomic E-state index is 13.9. The molecule has 1 atom stereocenters. The predicted octanol–water partition coefficient (Wildman–Crippen LogP) is 9.08. The van der Waals surface area contributed by atoms with Crippen molar-refractivity contribution in [1.29, 1.82) is 0 Å². The Kier molecular flexibility index (Phi) is 7.04. The first-order valence-electron chi connectivity index (χ1n) is 9.43. The number of halogens is 8. The first kappa shape index (κ1) is 26.1. The van der Waals surface area contributed by atoms with Gasteiger partial charge in [0.25, 0.3) is 0 Å². The molecule has 0 saturated carbocycles. The Bertz CT molecular complexity index is 935. The molecule has 2 aliphatic carbocycles. The minimum Gasteiger partial charge on any atom is -0.157 e. The second-order valence-electron chi connectivity index (χ2n) is 9.50. The van der Waals surface area contributed by atoms with Crippen molar-refractivity contribution in [2.24, 2.45) is 10.8 Å². The van der Waals surface area contributed by atoms with Gasteiger partial charge in [-0.2, -0.15) is 26.3 Å². The summed E-state index contributed by atoms with van der Waals surface area (Å²) in [6.07, 6.45) is -4.93. The fourth-order valence-electron chi connectivity index (χ4n) is 3.02. The third kappa shape index (κ3) is 6.02. The molecule has 0 fully saturated rings. The van der Waals surface area contributed by atoms with E-state index >= 15 is 0 Å². The SMILES string of the molecule is CC(C)(C)C1=C[C+](C(F)(F)F)C(=C=C2C(Br)=CC(C(C)(C)C)=CC2Br)C(C(F)(F)F)=C1. The van der Waals surface area contributed by atoms with Crippen molar-refractivity contribution >= 4 is 31.9 Å². The van der Waals surface area contributed by atoms with Gasteiger partial charge in [0.15, 0.2) is 17.1 Å². The largest absolute Gasteiger partial charge is 0.456 e. The molecule has 0 nitrogen and oxygen atoms in total. The van der Waals surface area contributed by atoms with E-state index in [9.17, 15) is 26.3 Å². The van der Waals surface area contributed by atoms with Crippen LogP contribution in [0.15, 0.2) is 62.4 Å². The van der Waals surface area contributed by atoms with Gasteiger partial charge in [-0.05, 0) is 53.8 Å². The van der Waals surface area contributed by atoms with E-state index in [1.807, 2.05) is 20.8 Å². The van der Waals surface area contributed by atoms with Gasteiger partial charge in [0.05, 0.1) is 10.4 Å². The fraction of sp³-hybridized carbons (Fsp3) is 0.478. The summed E-state index contributed by atoms with van der Waals surface area (Å²) in [6.45, 7) is 10.6. The van der Waals surface area contributed by atoms with Gasteiger partial charge in [0.2, 0.25) is 0 Å². The van der Waals surface area contributed by atoms with Crippen LogP contribution in [0.1, 0.15) is 41.5 Å². The molecule has 31 heavy (non-hydrogen) atoms. The van der Waals surface area contributed by atoms with Crippen molar-refractivity contribution in [1.82, 2.24) is 0 Å². The van der Waals surface area contributed by atoms with Crippen LogP contribution in [0, 0.1) is 16.7 Å². The maximum Gasteiger partial charge on any atom is 0.456 e. The highest BCUT2D eigenvalue weighted by Crippen LogP contribution is 2.49. The van der Waals surface area contributed by atoms with Gasteiger partial charge in [-0.3, -0.25) is 0 Å². The molecule has 0 radical (unpaired) electrons. The quantitative estimate of drug-likeness (QED) is 0.117. The molecule has 0 heterocycles. The Morgan fingerprint density at radius 1 is 0.871 bits per heavy atom. The minimum absolute atomic E-state index is 0.0498. The van der Waals surface area contributed by atoms with Crippen LogP contribution in [-0.4, -0.2) is 17.2 Å². The molecule has 0 spiro atoms. The van der Waals surface area contributed by atoms with Crippen molar-refractivity contribution in [3.63, 3.8) is 0 Å². The van der Waals surface area contributed by atoms with Crippen LogP contribution in [0.4, 0.5) is 26.3 Å². The molecule has 0 bridgehead atoms. The number of rotatable bonds is 0. The average Bonchev–Trinajstić information content (AvgIpc) is 2.53. The molecule has 170 valence electrons. The van der Waals surface area contributed by atoms with Gasteiger partial charge < -0.3 is 0 Å². The second-order valence-corrected chi connectivity index (χ2v) is 11.3. The molecule has 2 rings (SSSR count). The second kappa shape index (κ2) is 8.35. The van der Waals surface area contributed by atoms with Gasteiger partial charge in [-0.25, -0.2) is 0 Å². The van der Waals surface area contributed by atoms with Crippen LogP contribution in [0.3, 0.4) is 0 Å². The topological polar surface area (TPSA) is 0 Å². The van der Waals surface area contributed by atoms with E-state index in [-0.39, 0.29) is 16.6 Å².